The SMILES string of the molecule is COC(C)c1cccc(C(C)OC)c1. The first-order valence-corrected chi connectivity index (χ1v) is 4.84. The standard InChI is InChI=1S/C12H18O2/c1-9(13-3)11-6-5-7-12(8-11)10(2)14-4/h5-10H,1-4H3. The first-order chi connectivity index (χ1) is 6.69. The molecule has 0 spiro atoms. The third kappa shape index (κ3) is 2.56. The summed E-state index contributed by atoms with van der Waals surface area (Å²) in [4.78, 5) is 0. The molecule has 2 unspecified atom stereocenters. The van der Waals surface area contributed by atoms with Crippen molar-refractivity contribution in [3.05, 3.63) is 35.4 Å². The second-order valence-electron chi connectivity index (χ2n) is 3.43. The lowest BCUT2D eigenvalue weighted by molar-refractivity contribution is 0.114. The fourth-order valence-corrected chi connectivity index (χ4v) is 1.34. The van der Waals surface area contributed by atoms with E-state index < -0.39 is 0 Å². The first kappa shape index (κ1) is 11.2. The Morgan fingerprint density at radius 1 is 0.929 bits per heavy atom. The lowest BCUT2D eigenvalue weighted by atomic mass is 10.0. The molecule has 78 valence electrons. The highest BCUT2D eigenvalue weighted by Crippen LogP contribution is 2.21. The van der Waals surface area contributed by atoms with Gasteiger partial charge in [-0.05, 0) is 25.0 Å². The molecule has 0 radical (unpaired) electrons. The number of ether oxygens (including phenoxy) is 2. The van der Waals surface area contributed by atoms with Crippen molar-refractivity contribution in [3.8, 4) is 0 Å². The van der Waals surface area contributed by atoms with Gasteiger partial charge in [-0.3, -0.25) is 0 Å². The lowest BCUT2D eigenvalue weighted by Gasteiger charge is -2.14. The van der Waals surface area contributed by atoms with Crippen LogP contribution in [0.1, 0.15) is 37.2 Å². The van der Waals surface area contributed by atoms with Crippen molar-refractivity contribution < 1.29 is 9.47 Å². The van der Waals surface area contributed by atoms with Crippen molar-refractivity contribution in [2.45, 2.75) is 26.1 Å². The molecule has 2 atom stereocenters. The Labute approximate surface area is 85.8 Å². The second kappa shape index (κ2) is 5.13. The first-order valence-electron chi connectivity index (χ1n) is 4.84. The third-order valence-electron chi connectivity index (χ3n) is 2.56. The van der Waals surface area contributed by atoms with Gasteiger partial charge in [-0.1, -0.05) is 24.3 Å². The fraction of sp³-hybridized carbons (Fsp3) is 0.500. The summed E-state index contributed by atoms with van der Waals surface area (Å²) >= 11 is 0. The summed E-state index contributed by atoms with van der Waals surface area (Å²) in [5, 5.41) is 0. The van der Waals surface area contributed by atoms with Crippen LogP contribution < -0.4 is 0 Å². The number of methoxy groups -OCH3 is 2. The molecule has 0 fully saturated rings. The minimum Gasteiger partial charge on any atom is -0.377 e. The lowest BCUT2D eigenvalue weighted by Crippen LogP contribution is -2.00. The maximum atomic E-state index is 5.26. The number of hydrogen-bond acceptors (Lipinski definition) is 2. The normalized spacial score (nSPS) is 15.1. The predicted molar refractivity (Wildman–Crippen MR) is 57.3 cm³/mol. The molecule has 0 aliphatic carbocycles. The van der Waals surface area contributed by atoms with E-state index in [0.29, 0.717) is 0 Å². The van der Waals surface area contributed by atoms with Crippen LogP contribution in [0.5, 0.6) is 0 Å². The molecule has 0 N–H and O–H groups in total. The van der Waals surface area contributed by atoms with Crippen LogP contribution in [-0.4, -0.2) is 14.2 Å². The molecule has 14 heavy (non-hydrogen) atoms. The highest BCUT2D eigenvalue weighted by molar-refractivity contribution is 5.26. The molecule has 1 aromatic carbocycles. The summed E-state index contributed by atoms with van der Waals surface area (Å²) in [6, 6.07) is 8.30. The van der Waals surface area contributed by atoms with E-state index in [1.807, 2.05) is 19.9 Å². The van der Waals surface area contributed by atoms with Gasteiger partial charge in [0.15, 0.2) is 0 Å². The molecule has 0 heterocycles. The van der Waals surface area contributed by atoms with Crippen molar-refractivity contribution in [2.75, 3.05) is 14.2 Å². The highest BCUT2D eigenvalue weighted by Gasteiger charge is 2.07. The zero-order chi connectivity index (χ0) is 10.6. The van der Waals surface area contributed by atoms with Crippen LogP contribution in [0.2, 0.25) is 0 Å². The van der Waals surface area contributed by atoms with Crippen LogP contribution in [0.4, 0.5) is 0 Å². The molecule has 0 saturated carbocycles. The average molecular weight is 194 g/mol. The van der Waals surface area contributed by atoms with Gasteiger partial charge in [0.1, 0.15) is 0 Å². The molecule has 0 saturated heterocycles. The number of hydrogen-bond donors (Lipinski definition) is 0. The fourth-order valence-electron chi connectivity index (χ4n) is 1.34. The van der Waals surface area contributed by atoms with Gasteiger partial charge in [0.25, 0.3) is 0 Å². The van der Waals surface area contributed by atoms with E-state index in [1.165, 1.54) is 11.1 Å². The monoisotopic (exact) mass is 194 g/mol. The quantitative estimate of drug-likeness (QED) is 0.733. The Morgan fingerprint density at radius 3 is 1.71 bits per heavy atom. The van der Waals surface area contributed by atoms with Crippen LogP contribution in [0.25, 0.3) is 0 Å². The molecule has 2 heteroatoms. The van der Waals surface area contributed by atoms with Crippen molar-refractivity contribution in [3.63, 3.8) is 0 Å². The Kier molecular flexibility index (Phi) is 4.11. The van der Waals surface area contributed by atoms with E-state index >= 15 is 0 Å². The van der Waals surface area contributed by atoms with Crippen molar-refractivity contribution in [1.29, 1.82) is 0 Å². The van der Waals surface area contributed by atoms with Gasteiger partial charge < -0.3 is 9.47 Å². The molecule has 0 aromatic heterocycles. The van der Waals surface area contributed by atoms with E-state index in [2.05, 4.69) is 18.2 Å². The summed E-state index contributed by atoms with van der Waals surface area (Å²) in [6.45, 7) is 4.08. The zero-order valence-electron chi connectivity index (χ0n) is 9.28. The third-order valence-corrected chi connectivity index (χ3v) is 2.56. The Hall–Kier alpha value is -0.860. The molecule has 1 aromatic rings. The molecule has 0 aliphatic rings. The Morgan fingerprint density at radius 2 is 1.36 bits per heavy atom. The van der Waals surface area contributed by atoms with Gasteiger partial charge in [-0.15, -0.1) is 0 Å². The summed E-state index contributed by atoms with van der Waals surface area (Å²) in [5.41, 5.74) is 2.38. The van der Waals surface area contributed by atoms with Crippen molar-refractivity contribution in [1.82, 2.24) is 0 Å². The van der Waals surface area contributed by atoms with Gasteiger partial charge in [0.2, 0.25) is 0 Å². The minimum absolute atomic E-state index is 0.138. The average Bonchev–Trinajstić information content (AvgIpc) is 2.27. The molecule has 0 bridgehead atoms. The van der Waals surface area contributed by atoms with Crippen LogP contribution in [-0.2, 0) is 9.47 Å². The van der Waals surface area contributed by atoms with Crippen LogP contribution in [0, 0.1) is 0 Å². The zero-order valence-corrected chi connectivity index (χ0v) is 9.28. The maximum absolute atomic E-state index is 5.26. The van der Waals surface area contributed by atoms with Crippen LogP contribution >= 0.6 is 0 Å². The summed E-state index contributed by atoms with van der Waals surface area (Å²) < 4.78 is 10.5. The van der Waals surface area contributed by atoms with E-state index in [1.54, 1.807) is 14.2 Å². The summed E-state index contributed by atoms with van der Waals surface area (Å²) in [6.07, 6.45) is 0.276. The van der Waals surface area contributed by atoms with Gasteiger partial charge in [-0.25, -0.2) is 0 Å². The highest BCUT2D eigenvalue weighted by atomic mass is 16.5. The molecule has 2 nitrogen and oxygen atoms in total. The molecular formula is C12H18O2. The Bertz CT molecular complexity index is 258. The molecule has 0 amide bonds. The molecular weight excluding hydrogens is 176 g/mol. The summed E-state index contributed by atoms with van der Waals surface area (Å²) in [5.74, 6) is 0. The number of rotatable bonds is 4. The number of benzene rings is 1. The maximum Gasteiger partial charge on any atom is 0.0793 e. The van der Waals surface area contributed by atoms with Crippen molar-refractivity contribution >= 4 is 0 Å². The predicted octanol–water partition coefficient (Wildman–Crippen LogP) is 3.10. The minimum atomic E-state index is 0.138. The van der Waals surface area contributed by atoms with Crippen molar-refractivity contribution in [2.24, 2.45) is 0 Å². The largest absolute Gasteiger partial charge is 0.377 e. The molecule has 0 aliphatic heterocycles. The van der Waals surface area contributed by atoms with E-state index in [4.69, 9.17) is 9.47 Å². The second-order valence-corrected chi connectivity index (χ2v) is 3.43. The van der Waals surface area contributed by atoms with Crippen LogP contribution in [0.15, 0.2) is 24.3 Å². The topological polar surface area (TPSA) is 18.5 Å². The Balaban J connectivity index is 2.89. The van der Waals surface area contributed by atoms with E-state index in [9.17, 15) is 0 Å². The van der Waals surface area contributed by atoms with Gasteiger partial charge in [0.05, 0.1) is 12.2 Å². The molecule has 1 rings (SSSR count). The van der Waals surface area contributed by atoms with Crippen LogP contribution in [0.3, 0.4) is 0 Å². The van der Waals surface area contributed by atoms with E-state index in [0.717, 1.165) is 0 Å². The van der Waals surface area contributed by atoms with Gasteiger partial charge >= 0.3 is 0 Å². The smallest absolute Gasteiger partial charge is 0.0793 e. The van der Waals surface area contributed by atoms with Gasteiger partial charge in [-0.2, -0.15) is 0 Å². The van der Waals surface area contributed by atoms with Gasteiger partial charge in [0, 0.05) is 14.2 Å². The summed E-state index contributed by atoms with van der Waals surface area (Å²) in [7, 11) is 3.44. The van der Waals surface area contributed by atoms with E-state index in [-0.39, 0.29) is 12.2 Å².